The molecule has 23 heavy (non-hydrogen) atoms. The molecule has 0 atom stereocenters. The molecule has 1 aromatic heterocycles. The SMILES string of the molecule is CC(C)c1nnc(SCCOc2ccc(C#N)cc2)n1C1CC1. The zero-order chi connectivity index (χ0) is 16.2. The fourth-order valence-electron chi connectivity index (χ4n) is 2.37. The number of hydrogen-bond donors (Lipinski definition) is 0. The molecule has 5 nitrogen and oxygen atoms in total. The first-order valence-corrected chi connectivity index (χ1v) is 8.88. The highest BCUT2D eigenvalue weighted by molar-refractivity contribution is 7.99. The molecule has 2 aromatic rings. The lowest BCUT2D eigenvalue weighted by Gasteiger charge is -2.11. The highest BCUT2D eigenvalue weighted by Crippen LogP contribution is 2.40. The normalized spacial score (nSPS) is 14.0. The van der Waals surface area contributed by atoms with Crippen LogP contribution in [-0.4, -0.2) is 27.1 Å². The number of ether oxygens (including phenoxy) is 1. The third kappa shape index (κ3) is 3.85. The third-order valence-corrected chi connectivity index (χ3v) is 4.59. The number of rotatable bonds is 7. The predicted molar refractivity (Wildman–Crippen MR) is 89.8 cm³/mol. The maximum Gasteiger partial charge on any atom is 0.191 e. The van der Waals surface area contributed by atoms with E-state index in [1.165, 1.54) is 12.8 Å². The molecule has 3 rings (SSSR count). The van der Waals surface area contributed by atoms with Crippen molar-refractivity contribution in [2.24, 2.45) is 0 Å². The summed E-state index contributed by atoms with van der Waals surface area (Å²) in [7, 11) is 0. The molecule has 120 valence electrons. The van der Waals surface area contributed by atoms with E-state index in [-0.39, 0.29) is 0 Å². The largest absolute Gasteiger partial charge is 0.493 e. The van der Waals surface area contributed by atoms with Gasteiger partial charge in [-0.2, -0.15) is 5.26 Å². The average Bonchev–Trinajstić information content (AvgIpc) is 3.31. The number of thioether (sulfide) groups is 1. The topological polar surface area (TPSA) is 63.7 Å². The maximum absolute atomic E-state index is 8.78. The van der Waals surface area contributed by atoms with Gasteiger partial charge in [0.15, 0.2) is 5.16 Å². The van der Waals surface area contributed by atoms with Gasteiger partial charge in [-0.1, -0.05) is 25.6 Å². The highest BCUT2D eigenvalue weighted by Gasteiger charge is 2.30. The minimum absolute atomic E-state index is 0.396. The monoisotopic (exact) mass is 328 g/mol. The van der Waals surface area contributed by atoms with Crippen molar-refractivity contribution in [3.05, 3.63) is 35.7 Å². The quantitative estimate of drug-likeness (QED) is 0.572. The fourth-order valence-corrected chi connectivity index (χ4v) is 3.20. The Balaban J connectivity index is 1.53. The summed E-state index contributed by atoms with van der Waals surface area (Å²) >= 11 is 1.69. The van der Waals surface area contributed by atoms with E-state index >= 15 is 0 Å². The standard InChI is InChI=1S/C17H20N4OS/c1-12(2)16-19-20-17(21(16)14-5-6-14)23-10-9-22-15-7-3-13(11-18)4-8-15/h3-4,7-8,12,14H,5-6,9-10H2,1-2H3. The summed E-state index contributed by atoms with van der Waals surface area (Å²) in [4.78, 5) is 0. The lowest BCUT2D eigenvalue weighted by Crippen LogP contribution is -2.06. The van der Waals surface area contributed by atoms with Crippen LogP contribution in [-0.2, 0) is 0 Å². The van der Waals surface area contributed by atoms with Crippen molar-refractivity contribution < 1.29 is 4.74 Å². The van der Waals surface area contributed by atoms with Crippen molar-refractivity contribution in [1.82, 2.24) is 14.8 Å². The summed E-state index contributed by atoms with van der Waals surface area (Å²) in [5, 5.41) is 18.5. The second-order valence-electron chi connectivity index (χ2n) is 5.93. The Hall–Kier alpha value is -2.00. The van der Waals surface area contributed by atoms with E-state index in [1.807, 2.05) is 12.1 Å². The average molecular weight is 328 g/mol. The molecule has 0 aliphatic heterocycles. The van der Waals surface area contributed by atoms with Gasteiger partial charge in [0.25, 0.3) is 0 Å². The van der Waals surface area contributed by atoms with E-state index < -0.39 is 0 Å². The van der Waals surface area contributed by atoms with Gasteiger partial charge >= 0.3 is 0 Å². The number of nitrogens with zero attached hydrogens (tertiary/aromatic N) is 4. The van der Waals surface area contributed by atoms with Crippen molar-refractivity contribution >= 4 is 11.8 Å². The fraction of sp³-hybridized carbons (Fsp3) is 0.471. The smallest absolute Gasteiger partial charge is 0.191 e. The number of benzene rings is 1. The Bertz CT molecular complexity index is 698. The molecule has 1 aliphatic rings. The zero-order valence-electron chi connectivity index (χ0n) is 13.4. The van der Waals surface area contributed by atoms with E-state index in [2.05, 4.69) is 34.7 Å². The summed E-state index contributed by atoms with van der Waals surface area (Å²) in [6.07, 6.45) is 2.46. The predicted octanol–water partition coefficient (Wildman–Crippen LogP) is 3.78. The summed E-state index contributed by atoms with van der Waals surface area (Å²) in [6.45, 7) is 4.92. The molecule has 6 heteroatoms. The molecule has 0 bridgehead atoms. The van der Waals surface area contributed by atoms with Crippen molar-refractivity contribution in [2.45, 2.75) is 43.8 Å². The van der Waals surface area contributed by atoms with E-state index in [0.717, 1.165) is 22.5 Å². The molecule has 1 aromatic carbocycles. The van der Waals surface area contributed by atoms with Crippen LogP contribution < -0.4 is 4.74 Å². The summed E-state index contributed by atoms with van der Waals surface area (Å²) in [5.41, 5.74) is 0.644. The molecular formula is C17H20N4OS. The first kappa shape index (κ1) is 15.9. The number of aromatic nitrogens is 3. The van der Waals surface area contributed by atoms with Gasteiger partial charge in [-0.15, -0.1) is 10.2 Å². The van der Waals surface area contributed by atoms with Gasteiger partial charge in [-0.25, -0.2) is 0 Å². The molecule has 1 saturated carbocycles. The summed E-state index contributed by atoms with van der Waals surface area (Å²) in [5.74, 6) is 3.09. The Morgan fingerprint density at radius 3 is 2.65 bits per heavy atom. The molecule has 0 radical (unpaired) electrons. The molecule has 0 saturated heterocycles. The summed E-state index contributed by atoms with van der Waals surface area (Å²) in [6, 6.07) is 9.87. The molecule has 0 amide bonds. The van der Waals surface area contributed by atoms with Gasteiger partial charge in [0, 0.05) is 17.7 Å². The van der Waals surface area contributed by atoms with E-state index in [0.29, 0.717) is 24.1 Å². The Labute approximate surface area is 140 Å². The first-order valence-electron chi connectivity index (χ1n) is 7.89. The van der Waals surface area contributed by atoms with Crippen LogP contribution in [0.2, 0.25) is 0 Å². The number of hydrogen-bond acceptors (Lipinski definition) is 5. The van der Waals surface area contributed by atoms with Crippen LogP contribution >= 0.6 is 11.8 Å². The van der Waals surface area contributed by atoms with E-state index in [1.54, 1.807) is 23.9 Å². The first-order chi connectivity index (χ1) is 11.2. The highest BCUT2D eigenvalue weighted by atomic mass is 32.2. The Morgan fingerprint density at radius 2 is 2.04 bits per heavy atom. The van der Waals surface area contributed by atoms with Crippen LogP contribution in [0.4, 0.5) is 0 Å². The molecule has 0 N–H and O–H groups in total. The lowest BCUT2D eigenvalue weighted by molar-refractivity contribution is 0.343. The maximum atomic E-state index is 8.78. The second kappa shape index (κ2) is 7.05. The van der Waals surface area contributed by atoms with Crippen LogP contribution in [0.1, 0.15) is 50.0 Å². The Kier molecular flexibility index (Phi) is 4.87. The molecular weight excluding hydrogens is 308 g/mol. The minimum Gasteiger partial charge on any atom is -0.493 e. The summed E-state index contributed by atoms with van der Waals surface area (Å²) < 4.78 is 8.01. The second-order valence-corrected chi connectivity index (χ2v) is 6.99. The van der Waals surface area contributed by atoms with E-state index in [4.69, 9.17) is 10.00 Å². The van der Waals surface area contributed by atoms with Gasteiger partial charge in [0.2, 0.25) is 0 Å². The van der Waals surface area contributed by atoms with Crippen LogP contribution in [0.5, 0.6) is 5.75 Å². The molecule has 0 unspecified atom stereocenters. The van der Waals surface area contributed by atoms with Crippen molar-refractivity contribution in [1.29, 1.82) is 5.26 Å². The molecule has 1 fully saturated rings. The van der Waals surface area contributed by atoms with Crippen LogP contribution in [0.15, 0.2) is 29.4 Å². The third-order valence-electron chi connectivity index (χ3n) is 3.69. The Morgan fingerprint density at radius 1 is 1.30 bits per heavy atom. The van der Waals surface area contributed by atoms with Crippen molar-refractivity contribution in [2.75, 3.05) is 12.4 Å². The van der Waals surface area contributed by atoms with Crippen LogP contribution in [0, 0.1) is 11.3 Å². The van der Waals surface area contributed by atoms with Crippen molar-refractivity contribution in [3.8, 4) is 11.8 Å². The van der Waals surface area contributed by atoms with Gasteiger partial charge in [-0.3, -0.25) is 0 Å². The minimum atomic E-state index is 0.396. The van der Waals surface area contributed by atoms with Gasteiger partial charge in [0.05, 0.1) is 18.2 Å². The zero-order valence-corrected chi connectivity index (χ0v) is 14.2. The molecule has 1 heterocycles. The molecule has 0 spiro atoms. The van der Waals surface area contributed by atoms with Crippen molar-refractivity contribution in [3.63, 3.8) is 0 Å². The van der Waals surface area contributed by atoms with E-state index in [9.17, 15) is 0 Å². The number of nitriles is 1. The lowest BCUT2D eigenvalue weighted by atomic mass is 10.2. The van der Waals surface area contributed by atoms with Gasteiger partial charge < -0.3 is 9.30 Å². The van der Waals surface area contributed by atoms with Crippen LogP contribution in [0.3, 0.4) is 0 Å². The van der Waals surface area contributed by atoms with Gasteiger partial charge in [0.1, 0.15) is 11.6 Å². The van der Waals surface area contributed by atoms with Crippen LogP contribution in [0.25, 0.3) is 0 Å². The van der Waals surface area contributed by atoms with Gasteiger partial charge in [-0.05, 0) is 37.1 Å². The molecule has 1 aliphatic carbocycles.